The van der Waals surface area contributed by atoms with Gasteiger partial charge in [0.25, 0.3) is 0 Å². The highest BCUT2D eigenvalue weighted by atomic mass is 16.5. The number of nitrogen functional groups attached to an aromatic ring is 1. The summed E-state index contributed by atoms with van der Waals surface area (Å²) in [7, 11) is 1.58. The third-order valence-electron chi connectivity index (χ3n) is 3.15. The van der Waals surface area contributed by atoms with Crippen LogP contribution in [0.3, 0.4) is 0 Å². The topological polar surface area (TPSA) is 67.5 Å². The molecule has 0 aromatic heterocycles. The number of ether oxygens (including phenoxy) is 1. The maximum atomic E-state index is 10.5. The van der Waals surface area contributed by atoms with Crippen LogP contribution in [-0.2, 0) is 5.60 Å². The minimum atomic E-state index is -0.864. The van der Waals surface area contributed by atoms with Crippen molar-refractivity contribution in [2.45, 2.75) is 18.4 Å². The van der Waals surface area contributed by atoms with Crippen LogP contribution in [0.5, 0.6) is 5.75 Å². The molecule has 88 valence electrons. The van der Waals surface area contributed by atoms with Crippen LogP contribution >= 0.6 is 0 Å². The van der Waals surface area contributed by atoms with Crippen LogP contribution in [0.25, 0.3) is 0 Å². The Morgan fingerprint density at radius 1 is 1.50 bits per heavy atom. The molecule has 0 bridgehead atoms. The minimum absolute atomic E-state index is 0.538. The summed E-state index contributed by atoms with van der Waals surface area (Å²) in [6, 6.07) is 5.53. The fraction of sp³-hybridized carbons (Fsp3) is 0.500. The van der Waals surface area contributed by atoms with Gasteiger partial charge in [-0.1, -0.05) is 12.1 Å². The molecule has 1 fully saturated rings. The number of rotatable bonds is 2. The second kappa shape index (κ2) is 4.31. The van der Waals surface area contributed by atoms with E-state index < -0.39 is 5.60 Å². The zero-order valence-corrected chi connectivity index (χ0v) is 9.49. The first-order chi connectivity index (χ1) is 7.67. The van der Waals surface area contributed by atoms with Gasteiger partial charge in [-0.15, -0.1) is 0 Å². The van der Waals surface area contributed by atoms with Crippen molar-refractivity contribution in [1.82, 2.24) is 5.32 Å². The third-order valence-corrected chi connectivity index (χ3v) is 3.15. The molecule has 1 aromatic carbocycles. The van der Waals surface area contributed by atoms with Gasteiger partial charge in [-0.2, -0.15) is 0 Å². The predicted molar refractivity (Wildman–Crippen MR) is 63.4 cm³/mol. The largest absolute Gasteiger partial charge is 0.495 e. The molecule has 1 saturated heterocycles. The van der Waals surface area contributed by atoms with Crippen molar-refractivity contribution in [2.24, 2.45) is 0 Å². The van der Waals surface area contributed by atoms with Gasteiger partial charge in [0.1, 0.15) is 11.4 Å². The normalized spacial score (nSPS) is 25.4. The van der Waals surface area contributed by atoms with Crippen LogP contribution < -0.4 is 15.8 Å². The number of aliphatic hydroxyl groups is 1. The summed E-state index contributed by atoms with van der Waals surface area (Å²) in [5, 5.41) is 13.7. The quantitative estimate of drug-likeness (QED) is 0.649. The molecule has 2 rings (SSSR count). The van der Waals surface area contributed by atoms with Crippen LogP contribution in [0.2, 0.25) is 0 Å². The maximum Gasteiger partial charge on any atom is 0.142 e. The van der Waals surface area contributed by atoms with E-state index in [9.17, 15) is 5.11 Å². The number of methoxy groups -OCH3 is 1. The van der Waals surface area contributed by atoms with Gasteiger partial charge >= 0.3 is 0 Å². The first-order valence-electron chi connectivity index (χ1n) is 5.53. The lowest BCUT2D eigenvalue weighted by atomic mass is 9.85. The van der Waals surface area contributed by atoms with E-state index >= 15 is 0 Å². The Bertz CT molecular complexity index is 373. The van der Waals surface area contributed by atoms with Gasteiger partial charge in [0, 0.05) is 12.1 Å². The predicted octanol–water partition coefficient (Wildman–Crippen LogP) is 0.848. The zero-order valence-electron chi connectivity index (χ0n) is 9.49. The summed E-state index contributed by atoms with van der Waals surface area (Å²) >= 11 is 0. The van der Waals surface area contributed by atoms with Gasteiger partial charge in [0.15, 0.2) is 0 Å². The van der Waals surface area contributed by atoms with Gasteiger partial charge in [0.2, 0.25) is 0 Å². The van der Waals surface area contributed by atoms with Gasteiger partial charge in [-0.25, -0.2) is 0 Å². The second-order valence-corrected chi connectivity index (χ2v) is 4.23. The van der Waals surface area contributed by atoms with Crippen molar-refractivity contribution in [3.05, 3.63) is 23.8 Å². The molecule has 0 spiro atoms. The number of hydrogen-bond donors (Lipinski definition) is 3. The maximum absolute atomic E-state index is 10.5. The molecular formula is C12H18N2O2. The standard InChI is InChI=1S/C12H18N2O2/c1-16-10-5-2-4-9(11(10)13)12(15)6-3-7-14-8-12/h2,4-5,14-15H,3,6-8,13H2,1H3. The highest BCUT2D eigenvalue weighted by molar-refractivity contribution is 5.60. The molecule has 1 aromatic rings. The number of nitrogens with one attached hydrogen (secondary N) is 1. The molecule has 16 heavy (non-hydrogen) atoms. The number of benzene rings is 1. The molecule has 1 unspecified atom stereocenters. The first kappa shape index (κ1) is 11.2. The SMILES string of the molecule is COc1cccc(C2(O)CCCNC2)c1N. The van der Waals surface area contributed by atoms with E-state index in [1.165, 1.54) is 0 Å². The van der Waals surface area contributed by atoms with E-state index in [4.69, 9.17) is 10.5 Å². The first-order valence-corrected chi connectivity index (χ1v) is 5.53. The number of nitrogens with two attached hydrogens (primary N) is 1. The van der Waals surface area contributed by atoms with Crippen molar-refractivity contribution in [3.8, 4) is 5.75 Å². The minimum Gasteiger partial charge on any atom is -0.495 e. The highest BCUT2D eigenvalue weighted by Gasteiger charge is 2.33. The lowest BCUT2D eigenvalue weighted by Gasteiger charge is -2.34. The van der Waals surface area contributed by atoms with Gasteiger partial charge in [-0.3, -0.25) is 0 Å². The van der Waals surface area contributed by atoms with E-state index in [-0.39, 0.29) is 0 Å². The number of β-amino-alcohol motifs (C(OH)–C–C–N with tert-alkyl or cyclic N) is 1. The molecule has 1 aliphatic rings. The summed E-state index contributed by atoms with van der Waals surface area (Å²) in [4.78, 5) is 0. The van der Waals surface area contributed by atoms with Crippen LogP contribution in [0.1, 0.15) is 18.4 Å². The summed E-state index contributed by atoms with van der Waals surface area (Å²) in [5.41, 5.74) is 6.43. The van der Waals surface area contributed by atoms with Crippen LogP contribution in [0.4, 0.5) is 5.69 Å². The Kier molecular flexibility index (Phi) is 3.03. The Morgan fingerprint density at radius 3 is 2.94 bits per heavy atom. The lowest BCUT2D eigenvalue weighted by Crippen LogP contribution is -2.43. The number of anilines is 1. The van der Waals surface area contributed by atoms with Crippen molar-refractivity contribution in [1.29, 1.82) is 0 Å². The van der Waals surface area contributed by atoms with E-state index in [0.717, 1.165) is 24.9 Å². The molecular weight excluding hydrogens is 204 g/mol. The molecule has 0 radical (unpaired) electrons. The smallest absolute Gasteiger partial charge is 0.142 e. The highest BCUT2D eigenvalue weighted by Crippen LogP contribution is 2.36. The molecule has 1 atom stereocenters. The Balaban J connectivity index is 2.38. The second-order valence-electron chi connectivity index (χ2n) is 4.23. The monoisotopic (exact) mass is 222 g/mol. The molecule has 1 aliphatic heterocycles. The zero-order chi connectivity index (χ0) is 11.6. The van der Waals surface area contributed by atoms with Crippen molar-refractivity contribution >= 4 is 5.69 Å². The summed E-state index contributed by atoms with van der Waals surface area (Å²) in [6.07, 6.45) is 1.69. The van der Waals surface area contributed by atoms with Crippen molar-refractivity contribution in [2.75, 3.05) is 25.9 Å². The number of piperidine rings is 1. The molecule has 1 heterocycles. The van der Waals surface area contributed by atoms with E-state index in [2.05, 4.69) is 5.32 Å². The molecule has 4 nitrogen and oxygen atoms in total. The molecule has 0 saturated carbocycles. The number of hydrogen-bond acceptors (Lipinski definition) is 4. The molecule has 4 heteroatoms. The number of para-hydroxylation sites is 1. The Hall–Kier alpha value is -1.26. The average molecular weight is 222 g/mol. The molecule has 0 amide bonds. The van der Waals surface area contributed by atoms with E-state index in [0.29, 0.717) is 18.0 Å². The summed E-state index contributed by atoms with van der Waals surface area (Å²) in [5.74, 6) is 0.622. The van der Waals surface area contributed by atoms with E-state index in [1.54, 1.807) is 13.2 Å². The van der Waals surface area contributed by atoms with Crippen molar-refractivity contribution in [3.63, 3.8) is 0 Å². The van der Waals surface area contributed by atoms with E-state index in [1.807, 2.05) is 12.1 Å². The Labute approximate surface area is 95.4 Å². The van der Waals surface area contributed by atoms with Gasteiger partial charge in [-0.05, 0) is 25.5 Å². The fourth-order valence-electron chi connectivity index (χ4n) is 2.25. The van der Waals surface area contributed by atoms with Crippen LogP contribution in [0, 0.1) is 0 Å². The third kappa shape index (κ3) is 1.86. The lowest BCUT2D eigenvalue weighted by molar-refractivity contribution is 0.0129. The summed E-state index contributed by atoms with van der Waals surface area (Å²) < 4.78 is 5.16. The Morgan fingerprint density at radius 2 is 2.31 bits per heavy atom. The fourth-order valence-corrected chi connectivity index (χ4v) is 2.25. The van der Waals surface area contributed by atoms with Crippen LogP contribution in [0.15, 0.2) is 18.2 Å². The summed E-state index contributed by atoms with van der Waals surface area (Å²) in [6.45, 7) is 1.50. The van der Waals surface area contributed by atoms with Crippen molar-refractivity contribution < 1.29 is 9.84 Å². The average Bonchev–Trinajstić information content (AvgIpc) is 2.30. The van der Waals surface area contributed by atoms with Gasteiger partial charge < -0.3 is 20.9 Å². The molecule has 0 aliphatic carbocycles. The van der Waals surface area contributed by atoms with Gasteiger partial charge in [0.05, 0.1) is 12.8 Å². The van der Waals surface area contributed by atoms with Crippen LogP contribution in [-0.4, -0.2) is 25.3 Å². The molecule has 4 N–H and O–H groups in total.